The molecule has 6 nitrogen and oxygen atoms in total. The minimum absolute atomic E-state index is 0.0917. The fraction of sp³-hybridized carbons (Fsp3) is 0.688. The second-order valence-corrected chi connectivity index (χ2v) is 6.27. The lowest BCUT2D eigenvalue weighted by molar-refractivity contribution is -0.130. The first kappa shape index (κ1) is 16.1. The summed E-state index contributed by atoms with van der Waals surface area (Å²) >= 11 is 0. The lowest BCUT2D eigenvalue weighted by atomic mass is 9.99. The van der Waals surface area contributed by atoms with Crippen LogP contribution in [0.2, 0.25) is 0 Å². The molecule has 0 spiro atoms. The summed E-state index contributed by atoms with van der Waals surface area (Å²) in [5, 5.41) is 0. The van der Waals surface area contributed by atoms with Crippen molar-refractivity contribution in [2.45, 2.75) is 44.8 Å². The van der Waals surface area contributed by atoms with Crippen molar-refractivity contribution in [1.29, 1.82) is 0 Å². The molecule has 0 aliphatic carbocycles. The monoisotopic (exact) mass is 322 g/mol. The molecule has 23 heavy (non-hydrogen) atoms. The van der Waals surface area contributed by atoms with Crippen LogP contribution in [0.4, 0.5) is 4.39 Å². The molecule has 0 bridgehead atoms. The Balaban J connectivity index is 1.43. The first-order chi connectivity index (χ1) is 11.1. The van der Waals surface area contributed by atoms with E-state index < -0.39 is 5.82 Å². The smallest absolute Gasteiger partial charge is 0.316 e. The van der Waals surface area contributed by atoms with Crippen molar-refractivity contribution in [3.8, 4) is 6.01 Å². The molecule has 3 heterocycles. The number of ether oxygens (including phenoxy) is 1. The maximum atomic E-state index is 12.8. The van der Waals surface area contributed by atoms with Crippen LogP contribution in [0.15, 0.2) is 12.4 Å². The highest BCUT2D eigenvalue weighted by molar-refractivity contribution is 5.73. The minimum atomic E-state index is -0.455. The number of carbonyl (C=O) groups is 1. The Hall–Kier alpha value is -1.76. The molecular weight excluding hydrogens is 299 g/mol. The van der Waals surface area contributed by atoms with Gasteiger partial charge < -0.3 is 9.64 Å². The van der Waals surface area contributed by atoms with E-state index in [0.29, 0.717) is 6.04 Å². The summed E-state index contributed by atoms with van der Waals surface area (Å²) in [5.41, 5.74) is 0. The standard InChI is InChI=1S/C16H23FN4O2/c1-12(22)20-6-2-14(3-7-20)21-8-4-15(5-9-21)23-16-18-10-13(17)11-19-16/h10-11,14-15H,2-9H2,1H3. The highest BCUT2D eigenvalue weighted by Gasteiger charge is 2.29. The average molecular weight is 322 g/mol. The predicted molar refractivity (Wildman–Crippen MR) is 82.5 cm³/mol. The molecule has 3 rings (SSSR count). The van der Waals surface area contributed by atoms with Gasteiger partial charge in [-0.1, -0.05) is 0 Å². The summed E-state index contributed by atoms with van der Waals surface area (Å²) in [6.07, 6.45) is 6.29. The number of piperidine rings is 2. The topological polar surface area (TPSA) is 58.6 Å². The van der Waals surface area contributed by atoms with Crippen LogP contribution in [0.5, 0.6) is 6.01 Å². The first-order valence-corrected chi connectivity index (χ1v) is 8.25. The number of carbonyl (C=O) groups excluding carboxylic acids is 1. The molecule has 0 saturated carbocycles. The number of halogens is 1. The van der Waals surface area contributed by atoms with Crippen LogP contribution in [0.3, 0.4) is 0 Å². The molecule has 0 N–H and O–H groups in total. The fourth-order valence-electron chi connectivity index (χ4n) is 3.42. The number of amides is 1. The number of rotatable bonds is 3. The number of likely N-dealkylation sites (tertiary alicyclic amines) is 2. The summed E-state index contributed by atoms with van der Waals surface area (Å²) < 4.78 is 18.5. The SMILES string of the molecule is CC(=O)N1CCC(N2CCC(Oc3ncc(F)cn3)CC2)CC1. The van der Waals surface area contributed by atoms with Gasteiger partial charge in [0.05, 0.1) is 12.4 Å². The molecule has 1 aromatic heterocycles. The Morgan fingerprint density at radius 3 is 2.30 bits per heavy atom. The van der Waals surface area contributed by atoms with Crippen LogP contribution >= 0.6 is 0 Å². The summed E-state index contributed by atoms with van der Waals surface area (Å²) in [5.74, 6) is -0.279. The Morgan fingerprint density at radius 1 is 1.13 bits per heavy atom. The second-order valence-electron chi connectivity index (χ2n) is 6.27. The largest absolute Gasteiger partial charge is 0.460 e. The van der Waals surface area contributed by atoms with Gasteiger partial charge >= 0.3 is 6.01 Å². The lowest BCUT2D eigenvalue weighted by Crippen LogP contribution is -2.49. The van der Waals surface area contributed by atoms with E-state index in [1.54, 1.807) is 6.92 Å². The van der Waals surface area contributed by atoms with E-state index in [-0.39, 0.29) is 18.0 Å². The van der Waals surface area contributed by atoms with Crippen LogP contribution < -0.4 is 4.74 Å². The third-order valence-electron chi connectivity index (χ3n) is 4.77. The highest BCUT2D eigenvalue weighted by atomic mass is 19.1. The summed E-state index contributed by atoms with van der Waals surface area (Å²) in [6.45, 7) is 5.33. The van der Waals surface area contributed by atoms with Crippen LogP contribution in [0.25, 0.3) is 0 Å². The quantitative estimate of drug-likeness (QED) is 0.843. The number of aromatic nitrogens is 2. The van der Waals surface area contributed by atoms with Crippen molar-refractivity contribution in [2.24, 2.45) is 0 Å². The van der Waals surface area contributed by atoms with E-state index >= 15 is 0 Å². The lowest BCUT2D eigenvalue weighted by Gasteiger charge is -2.41. The van der Waals surface area contributed by atoms with Gasteiger partial charge in [0.25, 0.3) is 0 Å². The molecule has 1 amide bonds. The second kappa shape index (κ2) is 7.21. The van der Waals surface area contributed by atoms with Crippen molar-refractivity contribution in [2.75, 3.05) is 26.2 Å². The minimum Gasteiger partial charge on any atom is -0.460 e. The van der Waals surface area contributed by atoms with Crippen LogP contribution in [0.1, 0.15) is 32.6 Å². The number of hydrogen-bond acceptors (Lipinski definition) is 5. The van der Waals surface area contributed by atoms with Gasteiger partial charge in [-0.3, -0.25) is 9.69 Å². The van der Waals surface area contributed by atoms with Gasteiger partial charge in [0.15, 0.2) is 5.82 Å². The van der Waals surface area contributed by atoms with Crippen LogP contribution in [-0.2, 0) is 4.79 Å². The molecule has 126 valence electrons. The fourth-order valence-corrected chi connectivity index (χ4v) is 3.42. The van der Waals surface area contributed by atoms with Gasteiger partial charge in [0.1, 0.15) is 6.10 Å². The van der Waals surface area contributed by atoms with Crippen molar-refractivity contribution in [1.82, 2.24) is 19.8 Å². The van der Waals surface area contributed by atoms with Gasteiger partial charge in [-0.05, 0) is 25.7 Å². The molecule has 0 aromatic carbocycles. The van der Waals surface area contributed by atoms with E-state index in [1.165, 1.54) is 0 Å². The number of hydrogen-bond donors (Lipinski definition) is 0. The zero-order valence-corrected chi connectivity index (χ0v) is 13.4. The van der Waals surface area contributed by atoms with Crippen molar-refractivity contribution < 1.29 is 13.9 Å². The van der Waals surface area contributed by atoms with Gasteiger partial charge in [-0.15, -0.1) is 0 Å². The van der Waals surface area contributed by atoms with Crippen molar-refractivity contribution in [3.05, 3.63) is 18.2 Å². The van der Waals surface area contributed by atoms with E-state index in [0.717, 1.165) is 64.3 Å². The Morgan fingerprint density at radius 2 is 1.74 bits per heavy atom. The third kappa shape index (κ3) is 4.16. The zero-order valence-electron chi connectivity index (χ0n) is 13.4. The Bertz CT molecular complexity index is 523. The van der Waals surface area contributed by atoms with Gasteiger partial charge in [0, 0.05) is 39.1 Å². The third-order valence-corrected chi connectivity index (χ3v) is 4.77. The molecule has 2 saturated heterocycles. The molecule has 7 heteroatoms. The van der Waals surface area contributed by atoms with E-state index in [1.807, 2.05) is 4.90 Å². The maximum Gasteiger partial charge on any atom is 0.316 e. The Labute approximate surface area is 135 Å². The highest BCUT2D eigenvalue weighted by Crippen LogP contribution is 2.22. The molecule has 0 radical (unpaired) electrons. The summed E-state index contributed by atoms with van der Waals surface area (Å²) in [4.78, 5) is 23.5. The van der Waals surface area contributed by atoms with E-state index in [9.17, 15) is 9.18 Å². The molecule has 2 aliphatic heterocycles. The molecule has 2 aliphatic rings. The normalized spacial score (nSPS) is 21.4. The molecule has 1 aromatic rings. The zero-order chi connectivity index (χ0) is 16.2. The van der Waals surface area contributed by atoms with Crippen LogP contribution in [-0.4, -0.2) is 64.0 Å². The van der Waals surface area contributed by atoms with Crippen LogP contribution in [0, 0.1) is 5.82 Å². The molecular formula is C16H23FN4O2. The average Bonchev–Trinajstić information content (AvgIpc) is 2.58. The van der Waals surface area contributed by atoms with Crippen molar-refractivity contribution >= 4 is 5.91 Å². The maximum absolute atomic E-state index is 12.8. The van der Waals surface area contributed by atoms with Gasteiger partial charge in [-0.25, -0.2) is 14.4 Å². The number of nitrogens with zero attached hydrogens (tertiary/aromatic N) is 4. The van der Waals surface area contributed by atoms with Crippen molar-refractivity contribution in [3.63, 3.8) is 0 Å². The molecule has 2 fully saturated rings. The Kier molecular flexibility index (Phi) is 5.05. The van der Waals surface area contributed by atoms with E-state index in [4.69, 9.17) is 4.74 Å². The van der Waals surface area contributed by atoms with Gasteiger partial charge in [-0.2, -0.15) is 0 Å². The van der Waals surface area contributed by atoms with E-state index in [2.05, 4.69) is 14.9 Å². The summed E-state index contributed by atoms with van der Waals surface area (Å²) in [6, 6.07) is 0.813. The molecule has 0 unspecified atom stereocenters. The molecule has 0 atom stereocenters. The predicted octanol–water partition coefficient (Wildman–Crippen LogP) is 1.47. The first-order valence-electron chi connectivity index (χ1n) is 8.25. The van der Waals surface area contributed by atoms with Gasteiger partial charge in [0.2, 0.25) is 5.91 Å². The summed E-state index contributed by atoms with van der Waals surface area (Å²) in [7, 11) is 0.